The van der Waals surface area contributed by atoms with Gasteiger partial charge in [0.1, 0.15) is 17.9 Å². The molecular weight excluding hydrogens is 442 g/mol. The Hall–Kier alpha value is -3.72. The zero-order valence-electron chi connectivity index (χ0n) is 18.5. The summed E-state index contributed by atoms with van der Waals surface area (Å²) in [5.74, 6) is -0.859. The Labute approximate surface area is 195 Å². The summed E-state index contributed by atoms with van der Waals surface area (Å²) >= 11 is 1.55. The summed E-state index contributed by atoms with van der Waals surface area (Å²) < 4.78 is 10.9. The van der Waals surface area contributed by atoms with Crippen LogP contribution in [0.2, 0.25) is 0 Å². The zero-order chi connectivity index (χ0) is 23.6. The van der Waals surface area contributed by atoms with Gasteiger partial charge in [-0.1, -0.05) is 12.1 Å². The summed E-state index contributed by atoms with van der Waals surface area (Å²) in [4.78, 5) is 43.7. The SMILES string of the molecule is Cc1nc(COc2ccc(C(=O)OCC(=O)N3c4ccccc4NC(=O)C3(C)C)cc2)cs1. The molecule has 1 aromatic heterocycles. The number of hydrogen-bond donors (Lipinski definition) is 1. The maximum Gasteiger partial charge on any atom is 0.338 e. The molecule has 2 heterocycles. The van der Waals surface area contributed by atoms with E-state index in [0.717, 1.165) is 10.7 Å². The van der Waals surface area contributed by atoms with E-state index in [1.165, 1.54) is 4.90 Å². The monoisotopic (exact) mass is 465 g/mol. The Morgan fingerprint density at radius 1 is 1.12 bits per heavy atom. The van der Waals surface area contributed by atoms with Gasteiger partial charge in [-0.15, -0.1) is 11.3 Å². The highest BCUT2D eigenvalue weighted by atomic mass is 32.1. The van der Waals surface area contributed by atoms with Gasteiger partial charge in [0.15, 0.2) is 6.61 Å². The average Bonchev–Trinajstić information content (AvgIpc) is 3.22. The van der Waals surface area contributed by atoms with Crippen LogP contribution in [0.15, 0.2) is 53.9 Å². The fourth-order valence-electron chi connectivity index (χ4n) is 3.49. The number of anilines is 2. The van der Waals surface area contributed by atoms with E-state index in [1.54, 1.807) is 73.7 Å². The highest BCUT2D eigenvalue weighted by Crippen LogP contribution is 2.36. The summed E-state index contributed by atoms with van der Waals surface area (Å²) in [5.41, 5.74) is 1.09. The van der Waals surface area contributed by atoms with Crippen LogP contribution in [-0.4, -0.2) is 34.9 Å². The molecule has 3 aromatic rings. The minimum absolute atomic E-state index is 0.288. The van der Waals surface area contributed by atoms with Crippen molar-refractivity contribution in [3.05, 3.63) is 70.2 Å². The van der Waals surface area contributed by atoms with Crippen molar-refractivity contribution in [2.24, 2.45) is 0 Å². The third-order valence-electron chi connectivity index (χ3n) is 5.23. The molecule has 4 rings (SSSR count). The van der Waals surface area contributed by atoms with Gasteiger partial charge in [0.2, 0.25) is 5.91 Å². The first kappa shape index (κ1) is 22.5. The minimum Gasteiger partial charge on any atom is -0.487 e. The lowest BCUT2D eigenvalue weighted by atomic mass is 9.96. The van der Waals surface area contributed by atoms with Gasteiger partial charge >= 0.3 is 5.97 Å². The van der Waals surface area contributed by atoms with E-state index in [1.807, 2.05) is 12.3 Å². The molecule has 0 spiro atoms. The first-order chi connectivity index (χ1) is 15.8. The van der Waals surface area contributed by atoms with Crippen LogP contribution in [0.25, 0.3) is 0 Å². The molecule has 0 radical (unpaired) electrons. The van der Waals surface area contributed by atoms with E-state index in [9.17, 15) is 14.4 Å². The van der Waals surface area contributed by atoms with Gasteiger partial charge in [0.25, 0.3) is 5.91 Å². The number of hydrogen-bond acceptors (Lipinski definition) is 7. The lowest BCUT2D eigenvalue weighted by Crippen LogP contribution is -2.59. The van der Waals surface area contributed by atoms with E-state index >= 15 is 0 Å². The molecular formula is C24H23N3O5S. The van der Waals surface area contributed by atoms with Crippen molar-refractivity contribution in [3.63, 3.8) is 0 Å². The number of carbonyl (C=O) groups is 3. The van der Waals surface area contributed by atoms with Crippen LogP contribution < -0.4 is 15.0 Å². The molecule has 0 aliphatic carbocycles. The molecule has 0 bridgehead atoms. The van der Waals surface area contributed by atoms with Crippen LogP contribution in [0.4, 0.5) is 11.4 Å². The third-order valence-corrected chi connectivity index (χ3v) is 6.05. The van der Waals surface area contributed by atoms with Gasteiger partial charge in [0.05, 0.1) is 27.6 Å². The van der Waals surface area contributed by atoms with Crippen LogP contribution in [0.5, 0.6) is 5.75 Å². The van der Waals surface area contributed by atoms with E-state index in [0.29, 0.717) is 23.7 Å². The number of thiazole rings is 1. The van der Waals surface area contributed by atoms with Gasteiger partial charge in [-0.3, -0.25) is 14.5 Å². The van der Waals surface area contributed by atoms with E-state index in [4.69, 9.17) is 9.47 Å². The van der Waals surface area contributed by atoms with Crippen molar-refractivity contribution in [1.29, 1.82) is 0 Å². The summed E-state index contributed by atoms with van der Waals surface area (Å²) in [5, 5.41) is 5.70. The smallest absolute Gasteiger partial charge is 0.338 e. The maximum absolute atomic E-state index is 13.0. The molecule has 2 aromatic carbocycles. The van der Waals surface area contributed by atoms with Crippen LogP contribution >= 0.6 is 11.3 Å². The number of benzene rings is 2. The number of carbonyl (C=O) groups excluding carboxylic acids is 3. The summed E-state index contributed by atoms with van der Waals surface area (Å²) in [6.07, 6.45) is 0. The van der Waals surface area contributed by atoms with Gasteiger partial charge in [-0.05, 0) is 57.2 Å². The second-order valence-electron chi connectivity index (χ2n) is 8.01. The molecule has 33 heavy (non-hydrogen) atoms. The number of para-hydroxylation sites is 2. The first-order valence-electron chi connectivity index (χ1n) is 10.3. The Morgan fingerprint density at radius 2 is 1.85 bits per heavy atom. The normalized spacial score (nSPS) is 14.3. The van der Waals surface area contributed by atoms with E-state index in [2.05, 4.69) is 10.3 Å². The molecule has 0 unspecified atom stereocenters. The van der Waals surface area contributed by atoms with Crippen LogP contribution in [-0.2, 0) is 20.9 Å². The Balaban J connectivity index is 1.38. The molecule has 0 atom stereocenters. The number of rotatable bonds is 6. The van der Waals surface area contributed by atoms with Gasteiger partial charge in [-0.25, -0.2) is 9.78 Å². The number of aromatic nitrogens is 1. The standard InChI is InChI=1S/C24H23N3O5S/c1-15-25-17(14-33-15)12-31-18-10-8-16(9-11-18)22(29)32-13-21(28)27-20-7-5-4-6-19(20)26-23(30)24(27,2)3/h4-11,14H,12-13H2,1-3H3,(H,26,30). The summed E-state index contributed by atoms with van der Waals surface area (Å²) in [7, 11) is 0. The van der Waals surface area contributed by atoms with Gasteiger partial charge < -0.3 is 14.8 Å². The van der Waals surface area contributed by atoms with Crippen LogP contribution in [0.1, 0.15) is 34.9 Å². The predicted molar refractivity (Wildman–Crippen MR) is 125 cm³/mol. The number of aryl methyl sites for hydroxylation is 1. The summed E-state index contributed by atoms with van der Waals surface area (Å²) in [6.45, 7) is 5.06. The average molecular weight is 466 g/mol. The molecule has 9 heteroatoms. The van der Waals surface area contributed by atoms with E-state index < -0.39 is 24.0 Å². The molecule has 2 amide bonds. The predicted octanol–water partition coefficient (Wildman–Crippen LogP) is 3.95. The maximum atomic E-state index is 13.0. The minimum atomic E-state index is -1.13. The van der Waals surface area contributed by atoms with Gasteiger partial charge in [-0.2, -0.15) is 0 Å². The topological polar surface area (TPSA) is 97.8 Å². The highest BCUT2D eigenvalue weighted by Gasteiger charge is 2.43. The van der Waals surface area contributed by atoms with Crippen molar-refractivity contribution in [1.82, 2.24) is 4.98 Å². The number of amides is 2. The van der Waals surface area contributed by atoms with Crippen molar-refractivity contribution in [3.8, 4) is 5.75 Å². The molecule has 0 fully saturated rings. The van der Waals surface area contributed by atoms with Gasteiger partial charge in [0, 0.05) is 5.38 Å². The second-order valence-corrected chi connectivity index (χ2v) is 9.07. The summed E-state index contributed by atoms with van der Waals surface area (Å²) in [6, 6.07) is 13.5. The third kappa shape index (κ3) is 4.73. The Morgan fingerprint density at radius 3 is 2.55 bits per heavy atom. The Kier molecular flexibility index (Phi) is 6.15. The largest absolute Gasteiger partial charge is 0.487 e. The molecule has 170 valence electrons. The Bertz CT molecular complexity index is 1200. The lowest BCUT2D eigenvalue weighted by molar-refractivity contribution is -0.128. The zero-order valence-corrected chi connectivity index (χ0v) is 19.3. The van der Waals surface area contributed by atoms with Crippen LogP contribution in [0, 0.1) is 6.92 Å². The van der Waals surface area contributed by atoms with Crippen molar-refractivity contribution >= 4 is 40.5 Å². The second kappa shape index (κ2) is 9.03. The fourth-order valence-corrected chi connectivity index (χ4v) is 4.09. The quantitative estimate of drug-likeness (QED) is 0.554. The molecule has 1 aliphatic rings. The molecule has 1 N–H and O–H groups in total. The number of fused-ring (bicyclic) bond motifs is 1. The molecule has 0 saturated carbocycles. The number of esters is 1. The van der Waals surface area contributed by atoms with Crippen molar-refractivity contribution < 1.29 is 23.9 Å². The lowest BCUT2D eigenvalue weighted by Gasteiger charge is -2.41. The first-order valence-corrected chi connectivity index (χ1v) is 11.2. The molecule has 8 nitrogen and oxygen atoms in total. The van der Waals surface area contributed by atoms with E-state index in [-0.39, 0.29) is 11.5 Å². The van der Waals surface area contributed by atoms with Crippen molar-refractivity contribution in [2.45, 2.75) is 32.9 Å². The number of nitrogens with one attached hydrogen (secondary N) is 1. The molecule has 1 aliphatic heterocycles. The van der Waals surface area contributed by atoms with Crippen molar-refractivity contribution in [2.75, 3.05) is 16.8 Å². The number of ether oxygens (including phenoxy) is 2. The van der Waals surface area contributed by atoms with Crippen LogP contribution in [0.3, 0.4) is 0 Å². The number of nitrogens with zero attached hydrogens (tertiary/aromatic N) is 2. The highest BCUT2D eigenvalue weighted by molar-refractivity contribution is 7.09. The molecule has 0 saturated heterocycles. The fraction of sp³-hybridized carbons (Fsp3) is 0.250.